The summed E-state index contributed by atoms with van der Waals surface area (Å²) in [6.45, 7) is 14.6. The fraction of sp³-hybridized carbons (Fsp3) is 0.692. The summed E-state index contributed by atoms with van der Waals surface area (Å²) in [5, 5.41) is 0. The molecule has 2 amide bonds. The molecule has 1 saturated heterocycles. The van der Waals surface area contributed by atoms with Crippen LogP contribution in [0.1, 0.15) is 72.8 Å². The first-order chi connectivity index (χ1) is 14.4. The molecule has 1 aromatic carbocycles. The molecule has 0 spiro atoms. The van der Waals surface area contributed by atoms with Gasteiger partial charge in [-0.1, -0.05) is 51.1 Å². The van der Waals surface area contributed by atoms with Crippen LogP contribution in [0.2, 0.25) is 0 Å². The predicted octanol–water partition coefficient (Wildman–Crippen LogP) is 5.73. The van der Waals surface area contributed by atoms with Gasteiger partial charge < -0.3 is 14.5 Å². The van der Waals surface area contributed by atoms with Crippen molar-refractivity contribution in [2.75, 3.05) is 20.1 Å². The molecule has 5 heteroatoms. The van der Waals surface area contributed by atoms with Gasteiger partial charge in [-0.05, 0) is 62.3 Å². The van der Waals surface area contributed by atoms with E-state index in [2.05, 4.69) is 34.6 Å². The van der Waals surface area contributed by atoms with E-state index in [1.165, 1.54) is 0 Å². The molecule has 0 aromatic heterocycles. The van der Waals surface area contributed by atoms with Gasteiger partial charge in [0.05, 0.1) is 0 Å². The van der Waals surface area contributed by atoms with E-state index >= 15 is 0 Å². The van der Waals surface area contributed by atoms with Crippen LogP contribution >= 0.6 is 0 Å². The van der Waals surface area contributed by atoms with Crippen molar-refractivity contribution in [2.45, 2.75) is 79.4 Å². The van der Waals surface area contributed by atoms with Crippen molar-refractivity contribution in [3.63, 3.8) is 0 Å². The Balaban J connectivity index is 1.96. The number of amides is 2. The van der Waals surface area contributed by atoms with Gasteiger partial charge in [0, 0.05) is 32.6 Å². The highest BCUT2D eigenvalue weighted by Crippen LogP contribution is 2.40. The Hall–Kier alpha value is -2.04. The average molecular weight is 431 g/mol. The quantitative estimate of drug-likeness (QED) is 0.555. The van der Waals surface area contributed by atoms with Gasteiger partial charge >= 0.3 is 6.09 Å². The summed E-state index contributed by atoms with van der Waals surface area (Å²) < 4.78 is 5.53. The van der Waals surface area contributed by atoms with Crippen LogP contribution in [0.5, 0.6) is 0 Å². The van der Waals surface area contributed by atoms with E-state index < -0.39 is 0 Å². The second-order valence-electron chi connectivity index (χ2n) is 11.0. The maximum absolute atomic E-state index is 12.5. The predicted molar refractivity (Wildman–Crippen MR) is 126 cm³/mol. The first kappa shape index (κ1) is 25.2. The normalized spacial score (nSPS) is 16.7. The molecule has 174 valence electrons. The topological polar surface area (TPSA) is 49.9 Å². The van der Waals surface area contributed by atoms with E-state index in [1.54, 1.807) is 6.92 Å². The lowest BCUT2D eigenvalue weighted by Crippen LogP contribution is -2.47. The molecule has 1 atom stereocenters. The van der Waals surface area contributed by atoms with E-state index in [9.17, 15) is 9.59 Å². The van der Waals surface area contributed by atoms with Gasteiger partial charge in [-0.15, -0.1) is 0 Å². The van der Waals surface area contributed by atoms with Crippen molar-refractivity contribution in [3.05, 3.63) is 35.9 Å². The summed E-state index contributed by atoms with van der Waals surface area (Å²) in [5.74, 6) is 1.17. The molecule has 2 rings (SSSR count). The number of carbonyl (C=O) groups is 2. The van der Waals surface area contributed by atoms with Gasteiger partial charge in [-0.3, -0.25) is 4.79 Å². The molecule has 0 saturated carbocycles. The zero-order valence-electron chi connectivity index (χ0n) is 20.6. The Morgan fingerprint density at radius 3 is 2.16 bits per heavy atom. The third kappa shape index (κ3) is 7.86. The molecule has 1 aliphatic heterocycles. The number of hydrogen-bond donors (Lipinski definition) is 0. The van der Waals surface area contributed by atoms with E-state index in [4.69, 9.17) is 4.74 Å². The second-order valence-corrected chi connectivity index (χ2v) is 11.0. The smallest absolute Gasteiger partial charge is 0.410 e. The zero-order chi connectivity index (χ0) is 23.2. The SMILES string of the molecule is CC(=O)N(C)C(C)(C)CC(CC(C)(C)C)C1CCN(C(=O)OCc2ccccc2)CC1. The molecule has 0 radical (unpaired) electrons. The minimum absolute atomic E-state index is 0.107. The maximum atomic E-state index is 12.5. The lowest BCUT2D eigenvalue weighted by Gasteiger charge is -2.44. The molecular formula is C26H42N2O3. The summed E-state index contributed by atoms with van der Waals surface area (Å²) in [7, 11) is 1.90. The minimum Gasteiger partial charge on any atom is -0.445 e. The summed E-state index contributed by atoms with van der Waals surface area (Å²) in [6, 6.07) is 9.80. The van der Waals surface area contributed by atoms with Crippen molar-refractivity contribution >= 4 is 12.0 Å². The summed E-state index contributed by atoms with van der Waals surface area (Å²) >= 11 is 0. The van der Waals surface area contributed by atoms with Crippen LogP contribution in [-0.4, -0.2) is 47.5 Å². The number of hydrogen-bond acceptors (Lipinski definition) is 3. The fourth-order valence-corrected chi connectivity index (χ4v) is 4.76. The van der Waals surface area contributed by atoms with Crippen molar-refractivity contribution in [2.24, 2.45) is 17.3 Å². The fourth-order valence-electron chi connectivity index (χ4n) is 4.76. The Morgan fingerprint density at radius 1 is 1.06 bits per heavy atom. The van der Waals surface area contributed by atoms with Crippen LogP contribution in [0.3, 0.4) is 0 Å². The van der Waals surface area contributed by atoms with Gasteiger partial charge in [0.25, 0.3) is 0 Å². The van der Waals surface area contributed by atoms with Crippen LogP contribution in [0.4, 0.5) is 4.79 Å². The van der Waals surface area contributed by atoms with Crippen LogP contribution in [0, 0.1) is 17.3 Å². The Labute approximate surface area is 189 Å². The minimum atomic E-state index is -0.216. The average Bonchev–Trinajstić information content (AvgIpc) is 2.70. The van der Waals surface area contributed by atoms with Crippen molar-refractivity contribution in [3.8, 4) is 0 Å². The number of piperidine rings is 1. The molecule has 0 aliphatic carbocycles. The molecular weight excluding hydrogens is 388 g/mol. The highest BCUT2D eigenvalue weighted by Gasteiger charge is 2.36. The third-order valence-electron chi connectivity index (χ3n) is 6.69. The van der Waals surface area contributed by atoms with Gasteiger partial charge in [-0.25, -0.2) is 4.79 Å². The molecule has 5 nitrogen and oxygen atoms in total. The molecule has 0 bridgehead atoms. The first-order valence-corrected chi connectivity index (χ1v) is 11.6. The number of rotatable bonds is 7. The monoisotopic (exact) mass is 430 g/mol. The first-order valence-electron chi connectivity index (χ1n) is 11.6. The summed E-state index contributed by atoms with van der Waals surface area (Å²) in [5.41, 5.74) is 1.04. The highest BCUT2D eigenvalue weighted by molar-refractivity contribution is 5.73. The Kier molecular flexibility index (Phi) is 8.56. The maximum Gasteiger partial charge on any atom is 0.410 e. The van der Waals surface area contributed by atoms with E-state index in [1.807, 2.05) is 47.2 Å². The number of likely N-dealkylation sites (tertiary alicyclic amines) is 1. The van der Waals surface area contributed by atoms with Gasteiger partial charge in [0.2, 0.25) is 5.91 Å². The van der Waals surface area contributed by atoms with Crippen molar-refractivity contribution < 1.29 is 14.3 Å². The van der Waals surface area contributed by atoms with Crippen molar-refractivity contribution in [1.82, 2.24) is 9.80 Å². The molecule has 31 heavy (non-hydrogen) atoms. The largest absolute Gasteiger partial charge is 0.445 e. The van der Waals surface area contributed by atoms with Gasteiger partial charge in [0.1, 0.15) is 6.61 Å². The molecule has 1 unspecified atom stereocenters. The van der Waals surface area contributed by atoms with Crippen LogP contribution < -0.4 is 0 Å². The number of benzene rings is 1. The highest BCUT2D eigenvalue weighted by atomic mass is 16.6. The number of nitrogens with zero attached hydrogens (tertiary/aromatic N) is 2. The molecule has 1 fully saturated rings. The zero-order valence-corrected chi connectivity index (χ0v) is 20.6. The van der Waals surface area contributed by atoms with Crippen LogP contribution in [0.25, 0.3) is 0 Å². The van der Waals surface area contributed by atoms with Crippen molar-refractivity contribution in [1.29, 1.82) is 0 Å². The molecule has 1 aromatic rings. The van der Waals surface area contributed by atoms with Gasteiger partial charge in [0.15, 0.2) is 0 Å². The van der Waals surface area contributed by atoms with Crippen LogP contribution in [-0.2, 0) is 16.1 Å². The van der Waals surface area contributed by atoms with Crippen LogP contribution in [0.15, 0.2) is 30.3 Å². The molecule has 0 N–H and O–H groups in total. The summed E-state index contributed by atoms with van der Waals surface area (Å²) in [4.78, 5) is 28.2. The molecule has 1 aliphatic rings. The standard InChI is InChI=1S/C26H42N2O3/c1-20(29)27(7)26(5,6)18-23(17-25(2,3)4)22-13-15-28(16-14-22)24(30)31-19-21-11-9-8-10-12-21/h8-12,22-23H,13-19H2,1-7H3. The second kappa shape index (κ2) is 10.5. The Bertz CT molecular complexity index is 716. The van der Waals surface area contributed by atoms with E-state index in [-0.39, 0.29) is 23.0 Å². The Morgan fingerprint density at radius 2 is 1.65 bits per heavy atom. The lowest BCUT2D eigenvalue weighted by atomic mass is 9.70. The molecule has 1 heterocycles. The third-order valence-corrected chi connectivity index (χ3v) is 6.69. The van der Waals surface area contributed by atoms with E-state index in [0.29, 0.717) is 18.4 Å². The summed E-state index contributed by atoms with van der Waals surface area (Å²) in [6.07, 6.45) is 3.85. The van der Waals surface area contributed by atoms with E-state index in [0.717, 1.165) is 44.3 Å². The number of carbonyl (C=O) groups excluding carboxylic acids is 2. The number of ether oxygens (including phenoxy) is 1. The van der Waals surface area contributed by atoms with Gasteiger partial charge in [-0.2, -0.15) is 0 Å². The lowest BCUT2D eigenvalue weighted by molar-refractivity contribution is -0.133.